The third-order valence-corrected chi connectivity index (χ3v) is 5.93. The van der Waals surface area contributed by atoms with Gasteiger partial charge in [0.25, 0.3) is 11.8 Å². The summed E-state index contributed by atoms with van der Waals surface area (Å²) < 4.78 is 13.9. The molecule has 0 N–H and O–H groups in total. The van der Waals surface area contributed by atoms with Crippen molar-refractivity contribution in [2.75, 3.05) is 16.3 Å². The second kappa shape index (κ2) is 7.20. The number of benzene rings is 3. The zero-order chi connectivity index (χ0) is 21.7. The first-order valence-electron chi connectivity index (χ1n) is 10.3. The van der Waals surface area contributed by atoms with E-state index in [-0.39, 0.29) is 5.69 Å². The summed E-state index contributed by atoms with van der Waals surface area (Å²) in [5.74, 6) is -1.35. The average Bonchev–Trinajstić information content (AvgIpc) is 3.26. The molecule has 2 aliphatic rings. The van der Waals surface area contributed by atoms with E-state index in [1.807, 2.05) is 61.2 Å². The van der Waals surface area contributed by atoms with Gasteiger partial charge in [0.05, 0.1) is 11.3 Å². The average molecular weight is 412 g/mol. The van der Waals surface area contributed by atoms with E-state index in [0.717, 1.165) is 39.3 Å². The minimum absolute atomic E-state index is 0.236. The highest BCUT2D eigenvalue weighted by molar-refractivity contribution is 6.46. The summed E-state index contributed by atoms with van der Waals surface area (Å²) in [6, 6.07) is 19.3. The molecule has 3 aromatic rings. The van der Waals surface area contributed by atoms with E-state index in [2.05, 4.69) is 0 Å². The molecule has 154 valence electrons. The molecular weight excluding hydrogens is 391 g/mol. The molecule has 2 aliphatic heterocycles. The molecule has 0 fully saturated rings. The fourth-order valence-corrected chi connectivity index (χ4v) is 4.53. The van der Waals surface area contributed by atoms with Crippen molar-refractivity contribution in [3.05, 3.63) is 100 Å². The van der Waals surface area contributed by atoms with Crippen LogP contribution < -0.4 is 9.80 Å². The fourth-order valence-electron chi connectivity index (χ4n) is 4.53. The molecule has 0 atom stereocenters. The second-order valence-corrected chi connectivity index (χ2v) is 8.00. The number of nitrogens with zero attached hydrogens (tertiary/aromatic N) is 2. The Morgan fingerprint density at radius 1 is 0.871 bits per heavy atom. The van der Waals surface area contributed by atoms with Crippen LogP contribution in [0.25, 0.3) is 5.57 Å². The van der Waals surface area contributed by atoms with Gasteiger partial charge < -0.3 is 4.90 Å². The number of hydrogen-bond donors (Lipinski definition) is 0. The molecule has 0 spiro atoms. The maximum Gasteiger partial charge on any atom is 0.282 e. The number of hydrogen-bond acceptors (Lipinski definition) is 3. The Bertz CT molecular complexity index is 1280. The molecule has 0 aromatic heterocycles. The lowest BCUT2D eigenvalue weighted by Gasteiger charge is -2.22. The molecular formula is C26H21FN2O2. The smallest absolute Gasteiger partial charge is 0.282 e. The molecule has 0 aliphatic carbocycles. The van der Waals surface area contributed by atoms with Crippen LogP contribution in [-0.4, -0.2) is 18.4 Å². The number of amides is 2. The zero-order valence-electron chi connectivity index (χ0n) is 17.4. The molecule has 4 nitrogen and oxygen atoms in total. The van der Waals surface area contributed by atoms with E-state index < -0.39 is 17.6 Å². The van der Waals surface area contributed by atoms with E-state index in [1.54, 1.807) is 6.07 Å². The molecule has 0 unspecified atom stereocenters. The summed E-state index contributed by atoms with van der Waals surface area (Å²) in [5, 5.41) is 0. The van der Waals surface area contributed by atoms with Crippen LogP contribution in [0.1, 0.15) is 22.3 Å². The minimum Gasteiger partial charge on any atom is -0.336 e. The normalized spacial score (nSPS) is 15.8. The molecule has 5 heteroatoms. The number of fused-ring (bicyclic) bond motifs is 1. The van der Waals surface area contributed by atoms with Crippen molar-refractivity contribution in [1.82, 2.24) is 0 Å². The van der Waals surface area contributed by atoms with Crippen LogP contribution in [0.2, 0.25) is 0 Å². The molecule has 0 bridgehead atoms. The number of rotatable bonds is 3. The molecule has 31 heavy (non-hydrogen) atoms. The summed E-state index contributed by atoms with van der Waals surface area (Å²) in [4.78, 5) is 30.3. The van der Waals surface area contributed by atoms with Gasteiger partial charge in [0.1, 0.15) is 11.5 Å². The van der Waals surface area contributed by atoms with Crippen LogP contribution >= 0.6 is 0 Å². The molecule has 0 radical (unpaired) electrons. The van der Waals surface area contributed by atoms with Gasteiger partial charge in [-0.05, 0) is 61.2 Å². The molecule has 2 amide bonds. The van der Waals surface area contributed by atoms with Crippen LogP contribution in [0.15, 0.2) is 72.4 Å². The molecule has 2 heterocycles. The van der Waals surface area contributed by atoms with Gasteiger partial charge >= 0.3 is 0 Å². The summed E-state index contributed by atoms with van der Waals surface area (Å²) in [6.07, 6.45) is 0.793. The van der Waals surface area contributed by atoms with Crippen LogP contribution in [0, 0.1) is 19.7 Å². The van der Waals surface area contributed by atoms with Gasteiger partial charge in [0.15, 0.2) is 0 Å². The highest BCUT2D eigenvalue weighted by Gasteiger charge is 2.44. The van der Waals surface area contributed by atoms with Crippen molar-refractivity contribution in [3.63, 3.8) is 0 Å². The number of carbonyl (C=O) groups is 2. The first-order valence-corrected chi connectivity index (χ1v) is 10.3. The molecule has 3 aromatic carbocycles. The topological polar surface area (TPSA) is 40.6 Å². The number of halogens is 1. The van der Waals surface area contributed by atoms with Crippen molar-refractivity contribution < 1.29 is 14.0 Å². The lowest BCUT2D eigenvalue weighted by molar-refractivity contribution is -0.120. The van der Waals surface area contributed by atoms with Gasteiger partial charge in [-0.15, -0.1) is 0 Å². The summed E-state index contributed by atoms with van der Waals surface area (Å²) in [7, 11) is 0. The van der Waals surface area contributed by atoms with Crippen molar-refractivity contribution in [3.8, 4) is 0 Å². The van der Waals surface area contributed by atoms with Gasteiger partial charge in [0, 0.05) is 12.2 Å². The molecule has 5 rings (SSSR count). The van der Waals surface area contributed by atoms with Gasteiger partial charge in [-0.25, -0.2) is 9.29 Å². The van der Waals surface area contributed by atoms with Gasteiger partial charge in [-0.3, -0.25) is 9.59 Å². The van der Waals surface area contributed by atoms with Gasteiger partial charge in [-0.2, -0.15) is 0 Å². The first-order chi connectivity index (χ1) is 15.0. The van der Waals surface area contributed by atoms with Gasteiger partial charge in [0.2, 0.25) is 0 Å². The summed E-state index contributed by atoms with van der Waals surface area (Å²) in [6.45, 7) is 4.54. The largest absolute Gasteiger partial charge is 0.336 e. The van der Waals surface area contributed by atoms with Crippen molar-refractivity contribution in [1.29, 1.82) is 0 Å². The monoisotopic (exact) mass is 412 g/mol. The van der Waals surface area contributed by atoms with E-state index in [9.17, 15) is 14.0 Å². The highest BCUT2D eigenvalue weighted by atomic mass is 19.1. The van der Waals surface area contributed by atoms with Gasteiger partial charge in [-0.1, -0.05) is 48.0 Å². The predicted molar refractivity (Wildman–Crippen MR) is 119 cm³/mol. The number of aryl methyl sites for hydroxylation is 2. The Morgan fingerprint density at radius 3 is 2.45 bits per heavy atom. The molecule has 0 saturated carbocycles. The number of anilines is 2. The SMILES string of the molecule is Cc1ccc(C2=C(N3CCc4ccccc43)C(=O)N(c3cccc(F)c3)C2=O)c(C)c1. The summed E-state index contributed by atoms with van der Waals surface area (Å²) in [5.41, 5.74) is 5.74. The van der Waals surface area contributed by atoms with E-state index >= 15 is 0 Å². The van der Waals surface area contributed by atoms with Crippen LogP contribution in [0.4, 0.5) is 15.8 Å². The Hall–Kier alpha value is -3.73. The number of para-hydroxylation sites is 1. The lowest BCUT2D eigenvalue weighted by Crippen LogP contribution is -2.34. The maximum atomic E-state index is 13.9. The minimum atomic E-state index is -0.494. The maximum absolute atomic E-state index is 13.9. The number of carbonyl (C=O) groups excluding carboxylic acids is 2. The van der Waals surface area contributed by atoms with Crippen LogP contribution in [-0.2, 0) is 16.0 Å². The van der Waals surface area contributed by atoms with Crippen molar-refractivity contribution >= 4 is 28.8 Å². The standard InChI is InChI=1S/C26H21FN2O2/c1-16-10-11-21(17(2)14-16)23-24(28-13-12-18-6-3-4-9-22(18)28)26(31)29(25(23)30)20-8-5-7-19(27)15-20/h3-11,14-15H,12-13H2,1-2H3. The quantitative estimate of drug-likeness (QED) is 0.581. The lowest BCUT2D eigenvalue weighted by atomic mass is 9.97. The Morgan fingerprint density at radius 2 is 1.68 bits per heavy atom. The Balaban J connectivity index is 1.72. The van der Waals surface area contributed by atoms with Crippen molar-refractivity contribution in [2.24, 2.45) is 0 Å². The number of imide groups is 1. The van der Waals surface area contributed by atoms with E-state index in [0.29, 0.717) is 17.8 Å². The first kappa shape index (κ1) is 19.2. The zero-order valence-corrected chi connectivity index (χ0v) is 17.4. The third-order valence-electron chi connectivity index (χ3n) is 5.93. The third kappa shape index (κ3) is 3.05. The van der Waals surface area contributed by atoms with E-state index in [4.69, 9.17) is 0 Å². The highest BCUT2D eigenvalue weighted by Crippen LogP contribution is 2.40. The Kier molecular flexibility index (Phi) is 4.47. The fraction of sp³-hybridized carbons (Fsp3) is 0.154. The second-order valence-electron chi connectivity index (χ2n) is 8.00. The summed E-state index contributed by atoms with van der Waals surface area (Å²) >= 11 is 0. The van der Waals surface area contributed by atoms with Crippen molar-refractivity contribution in [2.45, 2.75) is 20.3 Å². The molecule has 0 saturated heterocycles. The Labute approximate surface area is 180 Å². The van der Waals surface area contributed by atoms with Crippen LogP contribution in [0.5, 0.6) is 0 Å². The van der Waals surface area contributed by atoms with Crippen LogP contribution in [0.3, 0.4) is 0 Å². The van der Waals surface area contributed by atoms with E-state index in [1.165, 1.54) is 18.2 Å². The predicted octanol–water partition coefficient (Wildman–Crippen LogP) is 4.79.